The molecule has 0 radical (unpaired) electrons. The van der Waals surface area contributed by atoms with E-state index in [1.54, 1.807) is 18.2 Å². The molecule has 1 aliphatic rings. The molecule has 39 heavy (non-hydrogen) atoms. The number of sulfonamides is 1. The molecule has 1 atom stereocenters. The van der Waals surface area contributed by atoms with Crippen molar-refractivity contribution in [2.45, 2.75) is 17.4 Å². The van der Waals surface area contributed by atoms with Gasteiger partial charge in [-0.15, -0.1) is 0 Å². The topological polar surface area (TPSA) is 180 Å². The summed E-state index contributed by atoms with van der Waals surface area (Å²) in [6.45, 7) is -0.0165. The van der Waals surface area contributed by atoms with Crippen molar-refractivity contribution in [1.29, 1.82) is 0 Å². The van der Waals surface area contributed by atoms with Crippen molar-refractivity contribution in [3.63, 3.8) is 0 Å². The molecular weight excluding hydrogens is 554 g/mol. The van der Waals surface area contributed by atoms with Gasteiger partial charge in [-0.2, -0.15) is 5.10 Å². The van der Waals surface area contributed by atoms with Crippen LogP contribution < -0.4 is 5.32 Å². The fourth-order valence-corrected chi connectivity index (χ4v) is 5.74. The number of carboxylic acids is 2. The molecule has 0 bridgehead atoms. The number of hydrogen-bond acceptors (Lipinski definition) is 8. The van der Waals surface area contributed by atoms with Crippen LogP contribution in [0.15, 0.2) is 64.5 Å². The molecule has 0 saturated heterocycles. The van der Waals surface area contributed by atoms with Gasteiger partial charge in [0.2, 0.25) is 0 Å². The van der Waals surface area contributed by atoms with Gasteiger partial charge in [0.15, 0.2) is 17.6 Å². The van der Waals surface area contributed by atoms with Gasteiger partial charge in [-0.25, -0.2) is 27.7 Å². The Labute approximate surface area is 227 Å². The highest BCUT2D eigenvalue weighted by Gasteiger charge is 2.43. The number of nitrogens with one attached hydrogen (secondary N) is 1. The van der Waals surface area contributed by atoms with Crippen molar-refractivity contribution in [2.24, 2.45) is 4.99 Å². The summed E-state index contributed by atoms with van der Waals surface area (Å²) in [7, 11) is -2.85. The fourth-order valence-electron chi connectivity index (χ4n) is 3.93. The summed E-state index contributed by atoms with van der Waals surface area (Å²) >= 11 is 6.20. The molecule has 2 heterocycles. The van der Waals surface area contributed by atoms with Gasteiger partial charge in [0.25, 0.3) is 15.9 Å². The quantitative estimate of drug-likeness (QED) is 0.306. The maximum absolute atomic E-state index is 13.8. The smallest absolute Gasteiger partial charge is 0.356 e. The predicted molar refractivity (Wildman–Crippen MR) is 139 cm³/mol. The SMILES string of the molecule is COCCCN1C(C(C(=O)Nc2ccccc2Cl)n2nc(C(=O)O)cc2C(=O)O)=Nc2ccccc2S1(=O)=O. The average molecular weight is 576 g/mol. The first-order chi connectivity index (χ1) is 18.6. The van der Waals surface area contributed by atoms with Crippen LogP contribution in [0.2, 0.25) is 5.02 Å². The Morgan fingerprint density at radius 2 is 1.77 bits per heavy atom. The summed E-state index contributed by atoms with van der Waals surface area (Å²) in [5, 5.41) is 25.8. The molecule has 0 fully saturated rings. The first-order valence-electron chi connectivity index (χ1n) is 11.4. The minimum absolute atomic E-state index is 0.00789. The van der Waals surface area contributed by atoms with E-state index in [4.69, 9.17) is 16.3 Å². The number of nitrogens with zero attached hydrogens (tertiary/aromatic N) is 4. The number of carboxylic acid groups (broad SMARTS) is 2. The number of amidine groups is 1. The minimum Gasteiger partial charge on any atom is -0.477 e. The number of aliphatic imine (C=N–C) groups is 1. The highest BCUT2D eigenvalue weighted by atomic mass is 35.5. The number of rotatable bonds is 10. The zero-order valence-electron chi connectivity index (χ0n) is 20.3. The molecule has 0 saturated carbocycles. The summed E-state index contributed by atoms with van der Waals surface area (Å²) in [6.07, 6.45) is 0.195. The van der Waals surface area contributed by atoms with Gasteiger partial charge >= 0.3 is 11.9 Å². The summed E-state index contributed by atoms with van der Waals surface area (Å²) < 4.78 is 34.0. The van der Waals surface area contributed by atoms with E-state index < -0.39 is 51.1 Å². The second-order valence-corrected chi connectivity index (χ2v) is 10.4. The van der Waals surface area contributed by atoms with Crippen molar-refractivity contribution in [3.05, 3.63) is 71.0 Å². The van der Waals surface area contributed by atoms with Gasteiger partial charge in [-0.1, -0.05) is 35.9 Å². The Morgan fingerprint density at radius 1 is 1.08 bits per heavy atom. The lowest BCUT2D eigenvalue weighted by atomic mass is 10.2. The van der Waals surface area contributed by atoms with E-state index in [1.165, 1.54) is 37.4 Å². The summed E-state index contributed by atoms with van der Waals surface area (Å²) in [6, 6.07) is 11.0. The molecule has 204 valence electrons. The van der Waals surface area contributed by atoms with E-state index in [1.807, 2.05) is 0 Å². The van der Waals surface area contributed by atoms with Crippen LogP contribution in [0.1, 0.15) is 33.4 Å². The number of carbonyl (C=O) groups is 3. The van der Waals surface area contributed by atoms with Gasteiger partial charge in [0.1, 0.15) is 10.6 Å². The number of anilines is 1. The Bertz CT molecular complexity index is 1590. The van der Waals surface area contributed by atoms with Gasteiger partial charge in [0, 0.05) is 26.3 Å². The third kappa shape index (κ3) is 5.48. The number of halogens is 1. The second kappa shape index (κ2) is 11.2. The number of carbonyl (C=O) groups excluding carboxylic acids is 1. The van der Waals surface area contributed by atoms with Gasteiger partial charge in [0.05, 0.1) is 16.4 Å². The molecule has 1 aliphatic heterocycles. The number of para-hydroxylation sites is 2. The number of fused-ring (bicyclic) bond motifs is 1. The van der Waals surface area contributed by atoms with Gasteiger partial charge < -0.3 is 20.3 Å². The van der Waals surface area contributed by atoms with Crippen molar-refractivity contribution < 1.29 is 37.8 Å². The number of aromatic nitrogens is 2. The Morgan fingerprint density at radius 3 is 2.44 bits per heavy atom. The van der Waals surface area contributed by atoms with Crippen LogP contribution in [-0.2, 0) is 19.6 Å². The molecule has 0 aliphatic carbocycles. The molecule has 1 unspecified atom stereocenters. The van der Waals surface area contributed by atoms with E-state index in [9.17, 15) is 33.0 Å². The molecule has 4 rings (SSSR count). The van der Waals surface area contributed by atoms with Crippen LogP contribution in [0.4, 0.5) is 11.4 Å². The predicted octanol–water partition coefficient (Wildman–Crippen LogP) is 2.88. The molecule has 2 aromatic carbocycles. The summed E-state index contributed by atoms with van der Waals surface area (Å²) in [5.74, 6) is -4.51. The maximum atomic E-state index is 13.8. The molecule has 3 N–H and O–H groups in total. The Kier molecular flexibility index (Phi) is 7.99. The third-order valence-corrected chi connectivity index (χ3v) is 7.86. The van der Waals surface area contributed by atoms with Crippen LogP contribution in [0, 0.1) is 0 Å². The van der Waals surface area contributed by atoms with Crippen LogP contribution in [-0.4, -0.2) is 76.7 Å². The maximum Gasteiger partial charge on any atom is 0.356 e. The molecular formula is C24H22ClN5O8S. The monoisotopic (exact) mass is 575 g/mol. The zero-order chi connectivity index (χ0) is 28.3. The molecule has 15 heteroatoms. The van der Waals surface area contributed by atoms with E-state index in [0.717, 1.165) is 10.4 Å². The minimum atomic E-state index is -4.29. The number of aromatic carboxylic acids is 2. The standard InChI is InChI=1S/C24H22ClN5O8S/c1-38-12-6-11-29-21(26-16-9-4-5-10-19(16)39(29,36)37)20(22(31)27-15-8-3-2-7-14(15)25)30-18(24(34)35)13-17(28-30)23(32)33/h2-5,7-10,13,20H,6,11-12H2,1H3,(H,27,31)(H,32,33)(H,34,35). The Hall–Kier alpha value is -4.27. The number of hydrogen-bond donors (Lipinski definition) is 3. The van der Waals surface area contributed by atoms with E-state index in [2.05, 4.69) is 15.4 Å². The number of benzene rings is 2. The van der Waals surface area contributed by atoms with E-state index in [-0.39, 0.29) is 40.9 Å². The number of ether oxygens (including phenoxy) is 1. The Balaban J connectivity index is 1.97. The molecule has 3 aromatic rings. The molecule has 1 aromatic heterocycles. The number of amides is 1. The van der Waals surface area contributed by atoms with Gasteiger partial charge in [-0.3, -0.25) is 9.10 Å². The van der Waals surface area contributed by atoms with Crippen LogP contribution in [0.3, 0.4) is 0 Å². The highest BCUT2D eigenvalue weighted by Crippen LogP contribution is 2.36. The van der Waals surface area contributed by atoms with Crippen LogP contribution >= 0.6 is 11.6 Å². The van der Waals surface area contributed by atoms with Gasteiger partial charge in [-0.05, 0) is 30.7 Å². The average Bonchev–Trinajstić information content (AvgIpc) is 3.33. The number of methoxy groups -OCH3 is 1. The molecule has 0 spiro atoms. The van der Waals surface area contributed by atoms with Crippen molar-refractivity contribution >= 4 is 56.7 Å². The largest absolute Gasteiger partial charge is 0.477 e. The zero-order valence-corrected chi connectivity index (χ0v) is 21.9. The van der Waals surface area contributed by atoms with E-state index >= 15 is 0 Å². The summed E-state index contributed by atoms with van der Waals surface area (Å²) in [5.41, 5.74) is -1.20. The molecule has 1 amide bonds. The summed E-state index contributed by atoms with van der Waals surface area (Å²) in [4.78, 5) is 41.9. The lowest BCUT2D eigenvalue weighted by Crippen LogP contribution is -2.48. The third-order valence-electron chi connectivity index (χ3n) is 5.68. The van der Waals surface area contributed by atoms with Crippen molar-refractivity contribution in [3.8, 4) is 0 Å². The highest BCUT2D eigenvalue weighted by molar-refractivity contribution is 7.90. The normalized spacial score (nSPS) is 14.7. The van der Waals surface area contributed by atoms with Crippen molar-refractivity contribution in [2.75, 3.05) is 25.6 Å². The second-order valence-electron chi connectivity index (χ2n) is 8.20. The van der Waals surface area contributed by atoms with Crippen molar-refractivity contribution in [1.82, 2.24) is 14.1 Å². The van der Waals surface area contributed by atoms with E-state index in [0.29, 0.717) is 4.68 Å². The lowest BCUT2D eigenvalue weighted by molar-refractivity contribution is -0.117. The first-order valence-corrected chi connectivity index (χ1v) is 13.2. The van der Waals surface area contributed by atoms with Crippen LogP contribution in [0.25, 0.3) is 0 Å². The fraction of sp³-hybridized carbons (Fsp3) is 0.208. The lowest BCUT2D eigenvalue weighted by Gasteiger charge is -2.33. The first kappa shape index (κ1) is 27.8. The molecule has 13 nitrogen and oxygen atoms in total. The van der Waals surface area contributed by atoms with Crippen LogP contribution in [0.5, 0.6) is 0 Å².